The van der Waals surface area contributed by atoms with Crippen molar-refractivity contribution in [3.8, 4) is 0 Å². The topological polar surface area (TPSA) is 26.3 Å². The third-order valence-electron chi connectivity index (χ3n) is 1.90. The molecular weight excluding hydrogens is 215 g/mol. The summed E-state index contributed by atoms with van der Waals surface area (Å²) in [6, 6.07) is 7.68. The zero-order valence-corrected chi connectivity index (χ0v) is 10.4. The molecule has 14 heavy (non-hydrogen) atoms. The van der Waals surface area contributed by atoms with Crippen LogP contribution >= 0.6 is 19.1 Å². The van der Waals surface area contributed by atoms with Gasteiger partial charge in [0.1, 0.15) is 0 Å². The van der Waals surface area contributed by atoms with E-state index in [-0.39, 0.29) is 0 Å². The molecule has 0 aromatic heterocycles. The van der Waals surface area contributed by atoms with Gasteiger partial charge in [-0.15, -0.1) is 11.8 Å². The van der Waals surface area contributed by atoms with Gasteiger partial charge in [-0.25, -0.2) is 0 Å². The van der Waals surface area contributed by atoms with Gasteiger partial charge in [-0.05, 0) is 25.3 Å². The molecule has 0 aliphatic carbocycles. The molecule has 1 unspecified atom stereocenters. The van der Waals surface area contributed by atoms with Gasteiger partial charge in [-0.2, -0.15) is 0 Å². The third-order valence-corrected chi connectivity index (χ3v) is 4.86. The fraction of sp³-hybridized carbons (Fsp3) is 0.400. The largest absolute Gasteiger partial charge is 0.326 e. The van der Waals surface area contributed by atoms with Gasteiger partial charge in [-0.3, -0.25) is 4.57 Å². The molecule has 1 rings (SSSR count). The molecule has 0 aliphatic heterocycles. The van der Waals surface area contributed by atoms with Crippen LogP contribution in [0.15, 0.2) is 29.2 Å². The van der Waals surface area contributed by atoms with Crippen molar-refractivity contribution >= 4 is 24.4 Å². The summed E-state index contributed by atoms with van der Waals surface area (Å²) in [4.78, 5) is 1.03. The molecule has 1 atom stereocenters. The molecule has 0 saturated carbocycles. The van der Waals surface area contributed by atoms with Gasteiger partial charge in [0.25, 0.3) is 0 Å². The second-order valence-electron chi connectivity index (χ2n) is 2.94. The minimum absolute atomic E-state index is 0.483. The summed E-state index contributed by atoms with van der Waals surface area (Å²) >= 11 is 1.60. The Balaban J connectivity index is 3.11. The van der Waals surface area contributed by atoms with E-state index in [9.17, 15) is 4.57 Å². The number of hydrogen-bond donors (Lipinski definition) is 0. The highest BCUT2D eigenvalue weighted by Gasteiger charge is 2.21. The Labute approximate surface area is 89.5 Å². The summed E-state index contributed by atoms with van der Waals surface area (Å²) in [6.45, 7) is 4.01. The van der Waals surface area contributed by atoms with E-state index in [1.54, 1.807) is 18.4 Å². The van der Waals surface area contributed by atoms with Crippen LogP contribution in [0.25, 0.3) is 0 Å². The highest BCUT2D eigenvalue weighted by Crippen LogP contribution is 2.43. The first-order chi connectivity index (χ1) is 6.61. The second-order valence-corrected chi connectivity index (χ2v) is 6.22. The minimum atomic E-state index is -2.62. The maximum absolute atomic E-state index is 12.2. The van der Waals surface area contributed by atoms with E-state index < -0.39 is 7.37 Å². The average Bonchev–Trinajstić information content (AvgIpc) is 2.18. The molecule has 0 spiro atoms. The van der Waals surface area contributed by atoms with Gasteiger partial charge >= 0.3 is 0 Å². The van der Waals surface area contributed by atoms with Crippen molar-refractivity contribution in [3.63, 3.8) is 0 Å². The Morgan fingerprint density at radius 3 is 2.64 bits per heavy atom. The normalized spacial score (nSPS) is 15.1. The van der Waals surface area contributed by atoms with Crippen LogP contribution in [0.2, 0.25) is 0 Å². The fourth-order valence-corrected chi connectivity index (χ4v) is 4.01. The molecule has 0 saturated heterocycles. The number of thioether (sulfide) groups is 1. The third kappa shape index (κ3) is 2.63. The SMILES string of the molecule is CCOP(C)(=O)c1ccccc1SC. The summed E-state index contributed by atoms with van der Waals surface area (Å²) in [5.74, 6) is 0. The van der Waals surface area contributed by atoms with Crippen molar-refractivity contribution in [2.45, 2.75) is 11.8 Å². The van der Waals surface area contributed by atoms with Gasteiger partial charge in [0.05, 0.1) is 11.9 Å². The average molecular weight is 230 g/mol. The maximum atomic E-state index is 12.2. The van der Waals surface area contributed by atoms with Gasteiger partial charge in [0, 0.05) is 11.6 Å². The lowest BCUT2D eigenvalue weighted by Crippen LogP contribution is -2.09. The van der Waals surface area contributed by atoms with Crippen LogP contribution in [0.3, 0.4) is 0 Å². The molecular formula is C10H15O2PS. The van der Waals surface area contributed by atoms with E-state index in [4.69, 9.17) is 4.52 Å². The first-order valence-electron chi connectivity index (χ1n) is 4.47. The van der Waals surface area contributed by atoms with Crippen LogP contribution in [-0.2, 0) is 9.09 Å². The molecule has 0 aliphatic rings. The van der Waals surface area contributed by atoms with E-state index in [0.29, 0.717) is 6.61 Å². The Bertz CT molecular complexity index is 352. The molecule has 2 nitrogen and oxygen atoms in total. The Kier molecular flexibility index (Phi) is 4.24. The molecule has 4 heteroatoms. The number of benzene rings is 1. The van der Waals surface area contributed by atoms with Crippen LogP contribution in [0.5, 0.6) is 0 Å². The zero-order valence-electron chi connectivity index (χ0n) is 8.69. The van der Waals surface area contributed by atoms with Crippen molar-refractivity contribution in [3.05, 3.63) is 24.3 Å². The van der Waals surface area contributed by atoms with Crippen molar-refractivity contribution in [2.75, 3.05) is 19.5 Å². The Morgan fingerprint density at radius 2 is 2.07 bits per heavy atom. The quantitative estimate of drug-likeness (QED) is 0.587. The smallest absolute Gasteiger partial charge is 0.230 e. The lowest BCUT2D eigenvalue weighted by Gasteiger charge is -2.15. The van der Waals surface area contributed by atoms with Crippen molar-refractivity contribution in [2.24, 2.45) is 0 Å². The minimum Gasteiger partial charge on any atom is -0.326 e. The van der Waals surface area contributed by atoms with Crippen molar-refractivity contribution < 1.29 is 9.09 Å². The van der Waals surface area contributed by atoms with Crippen LogP contribution in [-0.4, -0.2) is 19.5 Å². The fourth-order valence-electron chi connectivity index (χ4n) is 1.28. The highest BCUT2D eigenvalue weighted by molar-refractivity contribution is 7.99. The van der Waals surface area contributed by atoms with Crippen LogP contribution in [0.1, 0.15) is 6.92 Å². The lowest BCUT2D eigenvalue weighted by molar-refractivity contribution is 0.344. The van der Waals surface area contributed by atoms with Gasteiger partial charge in [0.15, 0.2) is 0 Å². The zero-order chi connectivity index (χ0) is 10.6. The van der Waals surface area contributed by atoms with E-state index in [2.05, 4.69) is 0 Å². The van der Waals surface area contributed by atoms with E-state index in [1.807, 2.05) is 37.4 Å². The predicted octanol–water partition coefficient (Wildman–Crippen LogP) is 2.98. The van der Waals surface area contributed by atoms with Crippen LogP contribution in [0.4, 0.5) is 0 Å². The van der Waals surface area contributed by atoms with E-state index in [0.717, 1.165) is 10.2 Å². The molecule has 1 aromatic carbocycles. The molecule has 0 bridgehead atoms. The predicted molar refractivity (Wildman–Crippen MR) is 63.0 cm³/mol. The van der Waals surface area contributed by atoms with Crippen molar-refractivity contribution in [1.29, 1.82) is 0 Å². The molecule has 0 radical (unpaired) electrons. The molecule has 0 heterocycles. The molecule has 0 amide bonds. The monoisotopic (exact) mass is 230 g/mol. The summed E-state index contributed by atoms with van der Waals surface area (Å²) < 4.78 is 17.5. The summed E-state index contributed by atoms with van der Waals surface area (Å²) in [5, 5.41) is 0.828. The Morgan fingerprint density at radius 1 is 1.43 bits per heavy atom. The van der Waals surface area contributed by atoms with Crippen LogP contribution < -0.4 is 5.30 Å². The molecule has 78 valence electrons. The van der Waals surface area contributed by atoms with Crippen molar-refractivity contribution in [1.82, 2.24) is 0 Å². The molecule has 0 fully saturated rings. The first-order valence-corrected chi connectivity index (χ1v) is 7.77. The second kappa shape index (κ2) is 5.01. The summed E-state index contributed by atoms with van der Waals surface area (Å²) in [5.41, 5.74) is 0. The number of hydrogen-bond acceptors (Lipinski definition) is 3. The van der Waals surface area contributed by atoms with Gasteiger partial charge in [-0.1, -0.05) is 12.1 Å². The standard InChI is InChI=1S/C10H15O2PS/c1-4-12-13(2,11)9-7-5-6-8-10(9)14-3/h5-8H,4H2,1-3H3. The Hall–Kier alpha value is -0.240. The highest BCUT2D eigenvalue weighted by atomic mass is 32.2. The maximum Gasteiger partial charge on any atom is 0.230 e. The van der Waals surface area contributed by atoms with E-state index >= 15 is 0 Å². The first kappa shape index (κ1) is 11.8. The summed E-state index contributed by atoms with van der Waals surface area (Å²) in [6.07, 6.45) is 1.98. The van der Waals surface area contributed by atoms with Crippen LogP contribution in [0, 0.1) is 0 Å². The lowest BCUT2D eigenvalue weighted by atomic mass is 10.4. The van der Waals surface area contributed by atoms with E-state index in [1.165, 1.54) is 0 Å². The number of rotatable bonds is 4. The summed E-state index contributed by atoms with van der Waals surface area (Å²) in [7, 11) is -2.62. The molecule has 1 aromatic rings. The molecule has 0 N–H and O–H groups in total. The van der Waals surface area contributed by atoms with Gasteiger partial charge in [0.2, 0.25) is 7.37 Å². The van der Waals surface area contributed by atoms with Gasteiger partial charge < -0.3 is 4.52 Å².